The lowest BCUT2D eigenvalue weighted by Gasteiger charge is -2.36. The molecule has 0 amide bonds. The van der Waals surface area contributed by atoms with E-state index >= 15 is 0 Å². The molecule has 0 saturated heterocycles. The number of likely N-dealkylation sites (N-methyl/N-ethyl adjacent to an activating group) is 1. The number of hydrogen-bond acceptors (Lipinski definition) is 6. The SMILES string of the molecule is CN(C)CC1CN(S(=O)(=O)c2cccc(C#N)c2)c2cc(N)ccc2O1. The monoisotopic (exact) mass is 372 g/mol. The molecule has 1 heterocycles. The summed E-state index contributed by atoms with van der Waals surface area (Å²) in [6.45, 7) is 0.724. The van der Waals surface area contributed by atoms with Crippen LogP contribution in [0.5, 0.6) is 5.75 Å². The summed E-state index contributed by atoms with van der Waals surface area (Å²) in [4.78, 5) is 2.00. The van der Waals surface area contributed by atoms with Crippen LogP contribution >= 0.6 is 0 Å². The minimum absolute atomic E-state index is 0.0652. The van der Waals surface area contributed by atoms with Crippen molar-refractivity contribution >= 4 is 21.4 Å². The molecule has 1 unspecified atom stereocenters. The van der Waals surface area contributed by atoms with Crippen LogP contribution in [0.15, 0.2) is 47.4 Å². The fraction of sp³-hybridized carbons (Fsp3) is 0.278. The molecule has 0 bridgehead atoms. The predicted octanol–water partition coefficient (Wildman–Crippen LogP) is 1.66. The van der Waals surface area contributed by atoms with Crippen LogP contribution in [0.4, 0.5) is 11.4 Å². The Bertz CT molecular complexity index is 967. The van der Waals surface area contributed by atoms with E-state index in [0.717, 1.165) is 0 Å². The number of ether oxygens (including phenoxy) is 1. The van der Waals surface area contributed by atoms with Crippen LogP contribution in [0.1, 0.15) is 5.56 Å². The maximum atomic E-state index is 13.3. The van der Waals surface area contributed by atoms with E-state index < -0.39 is 10.0 Å². The van der Waals surface area contributed by atoms with Crippen molar-refractivity contribution in [3.05, 3.63) is 48.0 Å². The number of nitrogens with two attached hydrogens (primary N) is 1. The lowest BCUT2D eigenvalue weighted by molar-refractivity contribution is 0.159. The van der Waals surface area contributed by atoms with Gasteiger partial charge in [-0.2, -0.15) is 5.26 Å². The van der Waals surface area contributed by atoms with Crippen LogP contribution in [0.25, 0.3) is 0 Å². The summed E-state index contributed by atoms with van der Waals surface area (Å²) in [5.74, 6) is 0.470. The fourth-order valence-corrected chi connectivity index (χ4v) is 4.46. The van der Waals surface area contributed by atoms with Crippen molar-refractivity contribution in [1.29, 1.82) is 5.26 Å². The highest BCUT2D eigenvalue weighted by Gasteiger charge is 2.35. The molecule has 2 N–H and O–H groups in total. The Morgan fingerprint density at radius 3 is 2.77 bits per heavy atom. The second-order valence-corrected chi connectivity index (χ2v) is 8.27. The molecule has 2 aromatic carbocycles. The summed E-state index contributed by atoms with van der Waals surface area (Å²) in [5.41, 5.74) is 7.00. The van der Waals surface area contributed by atoms with Gasteiger partial charge in [-0.3, -0.25) is 4.31 Å². The van der Waals surface area contributed by atoms with Gasteiger partial charge in [0, 0.05) is 12.2 Å². The molecule has 136 valence electrons. The molecule has 0 radical (unpaired) electrons. The standard InChI is InChI=1S/C18H20N4O3S/c1-21(2)11-15-12-22(17-9-14(20)6-7-18(17)25-15)26(23,24)16-5-3-4-13(8-16)10-19/h3-9,15H,11-12,20H2,1-2H3. The van der Waals surface area contributed by atoms with Gasteiger partial charge in [0.1, 0.15) is 11.9 Å². The third-order valence-corrected chi connectivity index (χ3v) is 5.81. The van der Waals surface area contributed by atoms with Gasteiger partial charge in [0.2, 0.25) is 0 Å². The summed E-state index contributed by atoms with van der Waals surface area (Å²) in [7, 11) is -0.0656. The number of anilines is 2. The van der Waals surface area contributed by atoms with Gasteiger partial charge in [0.15, 0.2) is 0 Å². The summed E-state index contributed by atoms with van der Waals surface area (Å²) >= 11 is 0. The van der Waals surface area contributed by atoms with Gasteiger partial charge >= 0.3 is 0 Å². The van der Waals surface area contributed by atoms with Crippen LogP contribution < -0.4 is 14.8 Å². The molecule has 3 rings (SSSR count). The van der Waals surface area contributed by atoms with Crippen LogP contribution in [0.3, 0.4) is 0 Å². The average Bonchev–Trinajstić information content (AvgIpc) is 2.61. The average molecular weight is 372 g/mol. The van der Waals surface area contributed by atoms with Gasteiger partial charge in [0.05, 0.1) is 28.8 Å². The van der Waals surface area contributed by atoms with Crippen LogP contribution in [0, 0.1) is 11.3 Å². The Labute approximate surface area is 153 Å². The van der Waals surface area contributed by atoms with E-state index in [-0.39, 0.29) is 23.1 Å². The van der Waals surface area contributed by atoms with E-state index in [1.807, 2.05) is 25.1 Å². The van der Waals surface area contributed by atoms with Crippen molar-refractivity contribution in [2.45, 2.75) is 11.0 Å². The van der Waals surface area contributed by atoms with Gasteiger partial charge in [0.25, 0.3) is 10.0 Å². The summed E-state index contributed by atoms with van der Waals surface area (Å²) in [6.07, 6.45) is -0.324. The molecule has 1 atom stereocenters. The Balaban J connectivity index is 2.09. The first-order valence-electron chi connectivity index (χ1n) is 8.05. The van der Waals surface area contributed by atoms with Crippen LogP contribution in [-0.4, -0.2) is 46.6 Å². The molecule has 1 aliphatic heterocycles. The topological polar surface area (TPSA) is 99.7 Å². The third kappa shape index (κ3) is 3.45. The van der Waals surface area contributed by atoms with E-state index in [1.165, 1.54) is 16.4 Å². The molecular formula is C18H20N4O3S. The number of rotatable bonds is 4. The molecule has 1 aliphatic rings. The molecule has 0 saturated carbocycles. The highest BCUT2D eigenvalue weighted by Crippen LogP contribution is 2.38. The van der Waals surface area contributed by atoms with Crippen molar-refractivity contribution in [2.75, 3.05) is 37.2 Å². The Hall–Kier alpha value is -2.76. The smallest absolute Gasteiger partial charge is 0.264 e. The number of hydrogen-bond donors (Lipinski definition) is 1. The van der Waals surface area contributed by atoms with Crippen molar-refractivity contribution in [3.63, 3.8) is 0 Å². The number of nitriles is 1. The van der Waals surface area contributed by atoms with Gasteiger partial charge in [-0.05, 0) is 50.5 Å². The van der Waals surface area contributed by atoms with Crippen molar-refractivity contribution in [1.82, 2.24) is 4.90 Å². The van der Waals surface area contributed by atoms with Crippen LogP contribution in [0.2, 0.25) is 0 Å². The molecule has 0 spiro atoms. The molecular weight excluding hydrogens is 352 g/mol. The summed E-state index contributed by atoms with van der Waals surface area (Å²) < 4.78 is 33.8. The molecule has 0 fully saturated rings. The highest BCUT2D eigenvalue weighted by molar-refractivity contribution is 7.92. The molecule has 0 aromatic heterocycles. The van der Waals surface area contributed by atoms with Crippen molar-refractivity contribution in [3.8, 4) is 11.8 Å². The molecule has 0 aliphatic carbocycles. The molecule has 7 nitrogen and oxygen atoms in total. The van der Waals surface area contributed by atoms with Gasteiger partial charge in [-0.25, -0.2) is 8.42 Å². The fourth-order valence-electron chi connectivity index (χ4n) is 2.91. The maximum Gasteiger partial charge on any atom is 0.264 e. The second-order valence-electron chi connectivity index (χ2n) is 6.41. The largest absolute Gasteiger partial charge is 0.485 e. The minimum Gasteiger partial charge on any atom is -0.485 e. The van der Waals surface area contributed by atoms with Gasteiger partial charge in [-0.15, -0.1) is 0 Å². The van der Waals surface area contributed by atoms with Crippen LogP contribution in [-0.2, 0) is 10.0 Å². The lowest BCUT2D eigenvalue weighted by Crippen LogP contribution is -2.47. The summed E-state index contributed by atoms with van der Waals surface area (Å²) in [5, 5.41) is 9.07. The number of fused-ring (bicyclic) bond motifs is 1. The first-order valence-corrected chi connectivity index (χ1v) is 9.49. The molecule has 26 heavy (non-hydrogen) atoms. The first kappa shape index (κ1) is 18.0. The quantitative estimate of drug-likeness (QED) is 0.820. The van der Waals surface area contributed by atoms with E-state index in [9.17, 15) is 8.42 Å². The molecule has 8 heteroatoms. The third-order valence-electron chi connectivity index (χ3n) is 4.03. The lowest BCUT2D eigenvalue weighted by atomic mass is 10.2. The van der Waals surface area contributed by atoms with E-state index in [4.69, 9.17) is 15.7 Å². The molecule has 2 aromatic rings. The normalized spacial score (nSPS) is 16.7. The number of nitrogen functional groups attached to an aromatic ring is 1. The summed E-state index contributed by atoms with van der Waals surface area (Å²) in [6, 6.07) is 12.9. The zero-order valence-electron chi connectivity index (χ0n) is 14.6. The Kier molecular flexibility index (Phi) is 4.76. The Morgan fingerprint density at radius 2 is 2.08 bits per heavy atom. The van der Waals surface area contributed by atoms with E-state index in [0.29, 0.717) is 23.7 Å². The number of sulfonamides is 1. The minimum atomic E-state index is -3.87. The number of nitrogens with zero attached hydrogens (tertiary/aromatic N) is 3. The van der Waals surface area contributed by atoms with Gasteiger partial charge in [-0.1, -0.05) is 6.07 Å². The van der Waals surface area contributed by atoms with Crippen molar-refractivity contribution < 1.29 is 13.2 Å². The van der Waals surface area contributed by atoms with Gasteiger partial charge < -0.3 is 15.4 Å². The van der Waals surface area contributed by atoms with E-state index in [1.54, 1.807) is 30.3 Å². The maximum absolute atomic E-state index is 13.3. The van der Waals surface area contributed by atoms with Crippen molar-refractivity contribution in [2.24, 2.45) is 0 Å². The predicted molar refractivity (Wildman–Crippen MR) is 99.5 cm³/mol. The second kappa shape index (κ2) is 6.86. The Morgan fingerprint density at radius 1 is 1.31 bits per heavy atom. The van der Waals surface area contributed by atoms with E-state index in [2.05, 4.69) is 0 Å². The number of benzene rings is 2. The first-order chi connectivity index (χ1) is 12.3. The zero-order chi connectivity index (χ0) is 18.9. The highest BCUT2D eigenvalue weighted by atomic mass is 32.2. The zero-order valence-corrected chi connectivity index (χ0v) is 15.4.